The second kappa shape index (κ2) is 13.1. The molecule has 0 saturated carbocycles. The van der Waals surface area contributed by atoms with Crippen molar-refractivity contribution in [3.8, 4) is 0 Å². The van der Waals surface area contributed by atoms with Crippen LogP contribution in [-0.4, -0.2) is 187 Å². The summed E-state index contributed by atoms with van der Waals surface area (Å²) in [6.07, 6.45) is -27.8. The van der Waals surface area contributed by atoms with E-state index in [0.717, 1.165) is 0 Å². The fraction of sp³-hybridized carbons (Fsp3) is 1.00. The maximum atomic E-state index is 10.7. The van der Waals surface area contributed by atoms with Gasteiger partial charge in [0.05, 0.1) is 26.4 Å². The Kier molecular flexibility index (Phi) is 10.5. The van der Waals surface area contributed by atoms with E-state index in [1.807, 2.05) is 0 Å². The van der Waals surface area contributed by atoms with Crippen LogP contribution in [0.15, 0.2) is 0 Å². The Hall–Kier alpha value is -0.720. The predicted molar refractivity (Wildman–Crippen MR) is 116 cm³/mol. The number of aliphatic hydroxyl groups excluding tert-OH is 11. The smallest absolute Gasteiger partial charge is 0.187 e. The highest BCUT2D eigenvalue weighted by atomic mass is 16.8. The normalized spacial score (nSPS) is 53.5. The molecule has 0 spiro atoms. The number of rotatable bonds is 7. The SMILES string of the molecule is OCC1OC(O)C(OC2OCC(O)C(O)C2OC2OCC(O)C(O)C2OC2OCC(O)C(O)C2O)C(O)C1O. The Morgan fingerprint density at radius 3 is 1.44 bits per heavy atom. The molecule has 0 aliphatic carbocycles. The van der Waals surface area contributed by atoms with Gasteiger partial charge in [-0.3, -0.25) is 0 Å². The predicted octanol–water partition coefficient (Wildman–Crippen LogP) is -7.83. The van der Waals surface area contributed by atoms with Gasteiger partial charge in [-0.15, -0.1) is 0 Å². The van der Waals surface area contributed by atoms with Crippen LogP contribution in [0.1, 0.15) is 0 Å². The van der Waals surface area contributed by atoms with Crippen molar-refractivity contribution < 1.29 is 89.3 Å². The van der Waals surface area contributed by atoms with Gasteiger partial charge in [0.1, 0.15) is 79.4 Å². The number of hydrogen-bond acceptors (Lipinski definition) is 18. The first-order chi connectivity index (χ1) is 18.4. The molecule has 17 atom stereocenters. The van der Waals surface area contributed by atoms with Crippen LogP contribution in [0.3, 0.4) is 0 Å². The molecule has 4 rings (SSSR count). The van der Waals surface area contributed by atoms with Crippen molar-refractivity contribution in [2.75, 3.05) is 26.4 Å². The second-order valence-electron chi connectivity index (χ2n) is 9.80. The molecule has 4 fully saturated rings. The van der Waals surface area contributed by atoms with Gasteiger partial charge >= 0.3 is 0 Å². The van der Waals surface area contributed by atoms with Gasteiger partial charge in [-0.2, -0.15) is 0 Å². The highest BCUT2D eigenvalue weighted by molar-refractivity contribution is 4.93. The lowest BCUT2D eigenvalue weighted by Gasteiger charge is -2.46. The molecular formula is C21H36O18. The van der Waals surface area contributed by atoms with E-state index in [9.17, 15) is 56.2 Å². The molecule has 0 aromatic carbocycles. The van der Waals surface area contributed by atoms with Gasteiger partial charge in [0, 0.05) is 0 Å². The zero-order valence-electron chi connectivity index (χ0n) is 20.4. The van der Waals surface area contributed by atoms with E-state index in [0.29, 0.717) is 0 Å². The van der Waals surface area contributed by atoms with Crippen LogP contribution in [0.5, 0.6) is 0 Å². The van der Waals surface area contributed by atoms with Gasteiger partial charge in [-0.1, -0.05) is 0 Å². The van der Waals surface area contributed by atoms with Gasteiger partial charge in [0.2, 0.25) is 0 Å². The largest absolute Gasteiger partial charge is 0.394 e. The quantitative estimate of drug-likeness (QED) is 0.134. The van der Waals surface area contributed by atoms with E-state index in [-0.39, 0.29) is 0 Å². The molecule has 11 N–H and O–H groups in total. The minimum Gasteiger partial charge on any atom is -0.394 e. The molecule has 39 heavy (non-hydrogen) atoms. The molecule has 0 aromatic rings. The highest BCUT2D eigenvalue weighted by Crippen LogP contribution is 2.31. The van der Waals surface area contributed by atoms with Gasteiger partial charge in [-0.25, -0.2) is 0 Å². The van der Waals surface area contributed by atoms with Crippen LogP contribution in [-0.2, 0) is 33.2 Å². The highest BCUT2D eigenvalue weighted by Gasteiger charge is 2.52. The van der Waals surface area contributed by atoms with E-state index < -0.39 is 131 Å². The van der Waals surface area contributed by atoms with Crippen LogP contribution in [0, 0.1) is 0 Å². The minimum atomic E-state index is -1.86. The average molecular weight is 577 g/mol. The van der Waals surface area contributed by atoms with Crippen molar-refractivity contribution in [3.05, 3.63) is 0 Å². The summed E-state index contributed by atoms with van der Waals surface area (Å²) >= 11 is 0. The topological polar surface area (TPSA) is 287 Å². The summed E-state index contributed by atoms with van der Waals surface area (Å²) in [4.78, 5) is 0. The van der Waals surface area contributed by atoms with Crippen molar-refractivity contribution in [3.63, 3.8) is 0 Å². The molecular weight excluding hydrogens is 540 g/mol. The number of hydrogen-bond donors (Lipinski definition) is 11. The first-order valence-corrected chi connectivity index (χ1v) is 12.3. The summed E-state index contributed by atoms with van der Waals surface area (Å²) < 4.78 is 37.8. The molecule has 0 aromatic heterocycles. The zero-order chi connectivity index (χ0) is 28.6. The van der Waals surface area contributed by atoms with E-state index in [2.05, 4.69) is 0 Å². The Bertz CT molecular complexity index is 777. The lowest BCUT2D eigenvalue weighted by molar-refractivity contribution is -0.387. The third-order valence-corrected chi connectivity index (χ3v) is 7.03. The van der Waals surface area contributed by atoms with Crippen LogP contribution < -0.4 is 0 Å². The average Bonchev–Trinajstić information content (AvgIpc) is 2.91. The fourth-order valence-electron chi connectivity index (χ4n) is 4.64. The maximum Gasteiger partial charge on any atom is 0.187 e. The second-order valence-corrected chi connectivity index (χ2v) is 9.80. The Morgan fingerprint density at radius 1 is 0.487 bits per heavy atom. The number of aliphatic hydroxyl groups is 11. The first-order valence-electron chi connectivity index (χ1n) is 12.3. The fourth-order valence-corrected chi connectivity index (χ4v) is 4.64. The molecule has 18 nitrogen and oxygen atoms in total. The lowest BCUT2D eigenvalue weighted by Crippen LogP contribution is -2.65. The van der Waals surface area contributed by atoms with E-state index in [4.69, 9.17) is 33.2 Å². The molecule has 0 amide bonds. The van der Waals surface area contributed by atoms with Gasteiger partial charge in [0.25, 0.3) is 0 Å². The maximum absolute atomic E-state index is 10.7. The van der Waals surface area contributed by atoms with E-state index in [1.54, 1.807) is 0 Å². The van der Waals surface area contributed by atoms with Crippen molar-refractivity contribution in [2.45, 2.75) is 105 Å². The summed E-state index contributed by atoms with van der Waals surface area (Å²) in [5, 5.41) is 111. The molecule has 0 radical (unpaired) electrons. The molecule has 4 heterocycles. The van der Waals surface area contributed by atoms with Crippen molar-refractivity contribution in [2.24, 2.45) is 0 Å². The van der Waals surface area contributed by atoms with Crippen molar-refractivity contribution >= 4 is 0 Å². The Morgan fingerprint density at radius 2 is 0.923 bits per heavy atom. The van der Waals surface area contributed by atoms with E-state index in [1.165, 1.54) is 0 Å². The summed E-state index contributed by atoms with van der Waals surface area (Å²) in [6.45, 7) is -2.12. The summed E-state index contributed by atoms with van der Waals surface area (Å²) in [5.41, 5.74) is 0. The van der Waals surface area contributed by atoms with Crippen LogP contribution in [0.4, 0.5) is 0 Å². The lowest BCUT2D eigenvalue weighted by atomic mass is 9.98. The molecule has 17 unspecified atom stereocenters. The first kappa shape index (κ1) is 31.2. The summed E-state index contributed by atoms with van der Waals surface area (Å²) in [7, 11) is 0. The van der Waals surface area contributed by atoms with Crippen LogP contribution in [0.25, 0.3) is 0 Å². The molecule has 0 bridgehead atoms. The molecule has 18 heteroatoms. The molecule has 4 aliphatic heterocycles. The van der Waals surface area contributed by atoms with Gasteiger partial charge in [-0.05, 0) is 0 Å². The summed E-state index contributed by atoms with van der Waals surface area (Å²) in [5.74, 6) is 0. The van der Waals surface area contributed by atoms with Gasteiger partial charge in [0.15, 0.2) is 25.2 Å². The van der Waals surface area contributed by atoms with Crippen LogP contribution in [0.2, 0.25) is 0 Å². The molecule has 228 valence electrons. The standard InChI is InChI=1S/C21H36O18/c22-1-8-12(29)13(30)15(18(32)36-8)37-20-17(11(28)7(25)3-34-20)39-21-16(10(27)6(24)4-35-21)38-19-14(31)9(26)5(23)2-33-19/h5-32H,1-4H2. The zero-order valence-corrected chi connectivity index (χ0v) is 20.4. The third-order valence-electron chi connectivity index (χ3n) is 7.03. The number of ether oxygens (including phenoxy) is 7. The third kappa shape index (κ3) is 6.53. The van der Waals surface area contributed by atoms with Crippen LogP contribution >= 0.6 is 0 Å². The Balaban J connectivity index is 1.50. The monoisotopic (exact) mass is 576 g/mol. The van der Waals surface area contributed by atoms with E-state index >= 15 is 0 Å². The van der Waals surface area contributed by atoms with Gasteiger partial charge < -0.3 is 89.3 Å². The Labute approximate surface area is 221 Å². The molecule has 4 saturated heterocycles. The summed E-state index contributed by atoms with van der Waals surface area (Å²) in [6, 6.07) is 0. The molecule has 4 aliphatic rings. The van der Waals surface area contributed by atoms with Crippen molar-refractivity contribution in [1.29, 1.82) is 0 Å². The minimum absolute atomic E-state index is 0.435. The van der Waals surface area contributed by atoms with Crippen molar-refractivity contribution in [1.82, 2.24) is 0 Å².